The van der Waals surface area contributed by atoms with Crippen LogP contribution in [0.2, 0.25) is 0 Å². The van der Waals surface area contributed by atoms with Crippen LogP contribution in [0.25, 0.3) is 0 Å². The highest BCUT2D eigenvalue weighted by atomic mass is 16.6. The summed E-state index contributed by atoms with van der Waals surface area (Å²) < 4.78 is 16.1. The quantitative estimate of drug-likeness (QED) is 0.734. The second-order valence-electron chi connectivity index (χ2n) is 6.59. The van der Waals surface area contributed by atoms with E-state index in [-0.39, 0.29) is 30.3 Å². The normalized spacial score (nSPS) is 41.5. The highest BCUT2D eigenvalue weighted by molar-refractivity contribution is 5.70. The predicted molar refractivity (Wildman–Crippen MR) is 69.8 cm³/mol. The predicted octanol–water partition coefficient (Wildman–Crippen LogP) is 1.69. The lowest BCUT2D eigenvalue weighted by Gasteiger charge is -2.58. The lowest BCUT2D eigenvalue weighted by molar-refractivity contribution is -0.215. The van der Waals surface area contributed by atoms with Crippen molar-refractivity contribution in [1.29, 1.82) is 0 Å². The molecule has 2 unspecified atom stereocenters. The van der Waals surface area contributed by atoms with Gasteiger partial charge in [0.15, 0.2) is 0 Å². The number of hydrogen-bond acceptors (Lipinski definition) is 5. The molecule has 0 heterocycles. The molecule has 0 radical (unpaired) electrons. The van der Waals surface area contributed by atoms with Gasteiger partial charge in [0.2, 0.25) is 0 Å². The summed E-state index contributed by atoms with van der Waals surface area (Å²) in [7, 11) is 1.38. The summed E-state index contributed by atoms with van der Waals surface area (Å²) in [6.45, 7) is 1.51. The van der Waals surface area contributed by atoms with E-state index >= 15 is 0 Å². The Kier molecular flexibility index (Phi) is 3.48. The number of hydrogen-bond donors (Lipinski definition) is 0. The number of rotatable bonds is 4. The van der Waals surface area contributed by atoms with Crippen molar-refractivity contribution in [3.05, 3.63) is 0 Å². The third kappa shape index (κ3) is 2.43. The molecule has 4 fully saturated rings. The topological polar surface area (TPSA) is 61.8 Å². The molecule has 2 atom stereocenters. The van der Waals surface area contributed by atoms with E-state index in [9.17, 15) is 9.59 Å². The van der Waals surface area contributed by atoms with Gasteiger partial charge in [0, 0.05) is 6.92 Å². The zero-order chi connectivity index (χ0) is 14.3. The van der Waals surface area contributed by atoms with Gasteiger partial charge in [-0.05, 0) is 49.9 Å². The highest BCUT2D eigenvalue weighted by Gasteiger charge is 2.57. The first-order valence-electron chi connectivity index (χ1n) is 7.39. The lowest BCUT2D eigenvalue weighted by Crippen LogP contribution is -2.59. The maximum Gasteiger partial charge on any atom is 0.331 e. The fraction of sp³-hybridized carbons (Fsp3) is 0.867. The second kappa shape index (κ2) is 5.02. The summed E-state index contributed by atoms with van der Waals surface area (Å²) in [5.74, 6) is 0.923. The maximum atomic E-state index is 11.3. The van der Waals surface area contributed by atoms with Crippen molar-refractivity contribution < 1.29 is 23.8 Å². The number of esters is 2. The fourth-order valence-corrected chi connectivity index (χ4v) is 4.73. The average Bonchev–Trinajstić information content (AvgIpc) is 2.39. The van der Waals surface area contributed by atoms with Gasteiger partial charge in [0.05, 0.1) is 12.7 Å². The Morgan fingerprint density at radius 2 is 1.80 bits per heavy atom. The molecule has 5 nitrogen and oxygen atoms in total. The number of carbonyl (C=O) groups excluding carboxylic acids is 2. The Hall–Kier alpha value is -1.10. The minimum Gasteiger partial charge on any atom is -0.467 e. The van der Waals surface area contributed by atoms with E-state index in [4.69, 9.17) is 9.47 Å². The smallest absolute Gasteiger partial charge is 0.331 e. The van der Waals surface area contributed by atoms with Crippen molar-refractivity contribution >= 4 is 11.9 Å². The molecule has 0 aliphatic heterocycles. The number of ether oxygens (including phenoxy) is 3. The van der Waals surface area contributed by atoms with Crippen LogP contribution in [0.1, 0.15) is 39.0 Å². The number of carbonyl (C=O) groups is 2. The Balaban J connectivity index is 1.69. The van der Waals surface area contributed by atoms with Crippen LogP contribution in [-0.2, 0) is 23.8 Å². The largest absolute Gasteiger partial charge is 0.467 e. The molecule has 4 saturated carbocycles. The van der Waals surface area contributed by atoms with Crippen LogP contribution in [0.5, 0.6) is 0 Å². The zero-order valence-electron chi connectivity index (χ0n) is 12.1. The van der Waals surface area contributed by atoms with E-state index in [1.807, 2.05) is 0 Å². The van der Waals surface area contributed by atoms with Gasteiger partial charge in [-0.25, -0.2) is 4.79 Å². The standard InChI is InChI=1S/C15H22O5/c1-9(16)20-14-11-3-10-4-12(14)7-15(5-10,6-11)19-8-13(17)18-2/h10-12,14H,3-8H2,1-2H3. The van der Waals surface area contributed by atoms with Crippen molar-refractivity contribution in [2.75, 3.05) is 13.7 Å². The summed E-state index contributed by atoms with van der Waals surface area (Å²) in [6.07, 6.45) is 5.13. The van der Waals surface area contributed by atoms with Crippen LogP contribution in [0.4, 0.5) is 0 Å². The molecule has 4 aliphatic rings. The van der Waals surface area contributed by atoms with Gasteiger partial charge in [-0.2, -0.15) is 0 Å². The van der Waals surface area contributed by atoms with Crippen LogP contribution in [-0.4, -0.2) is 37.4 Å². The van der Waals surface area contributed by atoms with Crippen LogP contribution in [0, 0.1) is 17.8 Å². The summed E-state index contributed by atoms with van der Waals surface area (Å²) in [6, 6.07) is 0. The molecule has 0 saturated heterocycles. The molecular formula is C15H22O5. The third-order valence-electron chi connectivity index (χ3n) is 5.16. The molecule has 0 N–H and O–H groups in total. The van der Waals surface area contributed by atoms with Crippen molar-refractivity contribution in [3.8, 4) is 0 Å². The second-order valence-corrected chi connectivity index (χ2v) is 6.59. The molecule has 0 spiro atoms. The molecule has 5 heteroatoms. The van der Waals surface area contributed by atoms with E-state index in [1.165, 1.54) is 14.0 Å². The van der Waals surface area contributed by atoms with Crippen LogP contribution >= 0.6 is 0 Å². The number of methoxy groups -OCH3 is 1. The Morgan fingerprint density at radius 3 is 2.35 bits per heavy atom. The minimum atomic E-state index is -0.322. The third-order valence-corrected chi connectivity index (χ3v) is 5.16. The van der Waals surface area contributed by atoms with E-state index in [1.54, 1.807) is 0 Å². The van der Waals surface area contributed by atoms with Crippen LogP contribution in [0.15, 0.2) is 0 Å². The molecule has 4 rings (SSSR count). The average molecular weight is 282 g/mol. The van der Waals surface area contributed by atoms with Crippen LogP contribution in [0.3, 0.4) is 0 Å². The fourth-order valence-electron chi connectivity index (χ4n) is 4.73. The van der Waals surface area contributed by atoms with Crippen molar-refractivity contribution in [2.45, 2.75) is 50.7 Å². The highest BCUT2D eigenvalue weighted by Crippen LogP contribution is 2.57. The van der Waals surface area contributed by atoms with E-state index < -0.39 is 0 Å². The lowest BCUT2D eigenvalue weighted by atomic mass is 9.53. The van der Waals surface area contributed by atoms with E-state index in [0.29, 0.717) is 17.8 Å². The molecule has 4 bridgehead atoms. The zero-order valence-corrected chi connectivity index (χ0v) is 12.1. The van der Waals surface area contributed by atoms with Crippen molar-refractivity contribution in [2.24, 2.45) is 17.8 Å². The Morgan fingerprint density at radius 1 is 1.15 bits per heavy atom. The first-order valence-corrected chi connectivity index (χ1v) is 7.39. The molecule has 0 aromatic heterocycles. The minimum absolute atomic E-state index is 0.0287. The molecule has 112 valence electrons. The maximum absolute atomic E-state index is 11.3. The van der Waals surface area contributed by atoms with E-state index in [0.717, 1.165) is 32.1 Å². The molecule has 0 amide bonds. The Bertz CT molecular complexity index is 402. The summed E-state index contributed by atoms with van der Waals surface area (Å²) >= 11 is 0. The molecule has 4 aliphatic carbocycles. The molecular weight excluding hydrogens is 260 g/mol. The van der Waals surface area contributed by atoms with Gasteiger partial charge in [0.1, 0.15) is 12.7 Å². The monoisotopic (exact) mass is 282 g/mol. The molecule has 20 heavy (non-hydrogen) atoms. The first-order chi connectivity index (χ1) is 9.51. The van der Waals surface area contributed by atoms with Crippen LogP contribution < -0.4 is 0 Å². The van der Waals surface area contributed by atoms with Gasteiger partial charge in [0.25, 0.3) is 0 Å². The van der Waals surface area contributed by atoms with Gasteiger partial charge in [-0.3, -0.25) is 4.79 Å². The molecule has 0 aromatic carbocycles. The van der Waals surface area contributed by atoms with Gasteiger partial charge in [-0.1, -0.05) is 0 Å². The van der Waals surface area contributed by atoms with Gasteiger partial charge < -0.3 is 14.2 Å². The first kappa shape index (κ1) is 13.9. The van der Waals surface area contributed by atoms with Gasteiger partial charge >= 0.3 is 11.9 Å². The Labute approximate surface area is 118 Å². The molecule has 0 aromatic rings. The van der Waals surface area contributed by atoms with Gasteiger partial charge in [-0.15, -0.1) is 0 Å². The summed E-state index contributed by atoms with van der Waals surface area (Å²) in [5, 5.41) is 0. The van der Waals surface area contributed by atoms with Crippen molar-refractivity contribution in [1.82, 2.24) is 0 Å². The van der Waals surface area contributed by atoms with Crippen molar-refractivity contribution in [3.63, 3.8) is 0 Å². The summed E-state index contributed by atoms with van der Waals surface area (Å²) in [4.78, 5) is 22.6. The SMILES string of the molecule is COC(=O)COC12CC3CC(C1)C(OC(C)=O)C(C3)C2. The summed E-state index contributed by atoms with van der Waals surface area (Å²) in [5.41, 5.74) is -0.193. The van der Waals surface area contributed by atoms with E-state index in [2.05, 4.69) is 4.74 Å².